The molecule has 0 saturated heterocycles. The predicted molar refractivity (Wildman–Crippen MR) is 56.7 cm³/mol. The number of carboxylic acids is 1. The fourth-order valence-electron chi connectivity index (χ4n) is 0.510. The minimum Gasteiger partial charge on any atom is -0.478 e. The van der Waals surface area contributed by atoms with Gasteiger partial charge in [0.25, 0.3) is 6.26 Å². The molecular weight excluding hydrogens is 214 g/mol. The molecule has 0 aliphatic heterocycles. The first-order chi connectivity index (χ1) is 7.68. The molecule has 0 unspecified atom stereocenters. The predicted octanol–water partition coefficient (Wildman–Crippen LogP) is 0.794. The molecule has 6 nitrogen and oxygen atoms in total. The largest absolute Gasteiger partial charge is 0.478 e. The number of hydrogen-bond acceptors (Lipinski definition) is 5. The summed E-state index contributed by atoms with van der Waals surface area (Å²) in [5, 5.41) is 15.6. The Morgan fingerprint density at radius 2 is 1.88 bits per heavy atom. The zero-order valence-electron chi connectivity index (χ0n) is 9.35. The number of hydrogen-bond donors (Lipinski definition) is 1. The maximum Gasteiger partial charge on any atom is 0.327 e. The lowest BCUT2D eigenvalue weighted by Gasteiger charge is -2.01. The van der Waals surface area contributed by atoms with Crippen LogP contribution in [0.2, 0.25) is 0 Å². The highest BCUT2D eigenvalue weighted by Gasteiger charge is 1.87. The minimum absolute atomic E-state index is 0.322. The van der Waals surface area contributed by atoms with Crippen LogP contribution < -0.4 is 0 Å². The summed E-state index contributed by atoms with van der Waals surface area (Å²) < 4.78 is 14.4. The molecule has 6 heteroatoms. The topological polar surface area (TPSA) is 88.8 Å². The fourth-order valence-corrected chi connectivity index (χ4v) is 0.510. The van der Waals surface area contributed by atoms with Crippen molar-refractivity contribution in [3.63, 3.8) is 0 Å². The lowest BCUT2D eigenvalue weighted by Crippen LogP contribution is -2.07. The summed E-state index contributed by atoms with van der Waals surface area (Å²) in [6, 6.07) is 0. The Bertz CT molecular complexity index is 212. The van der Waals surface area contributed by atoms with Crippen LogP contribution in [0.5, 0.6) is 0 Å². The second kappa shape index (κ2) is 15.9. The highest BCUT2D eigenvalue weighted by molar-refractivity contribution is 5.78. The molecule has 0 radical (unpaired) electrons. The highest BCUT2D eigenvalue weighted by Crippen LogP contribution is 1.78. The average molecular weight is 231 g/mol. The normalized spacial score (nSPS) is 8.25. The zero-order chi connectivity index (χ0) is 12.6. The zero-order valence-corrected chi connectivity index (χ0v) is 9.35. The van der Waals surface area contributed by atoms with Crippen molar-refractivity contribution in [3.8, 4) is 6.26 Å². The molecule has 0 aliphatic rings. The third-order valence-electron chi connectivity index (χ3n) is 1.15. The summed E-state index contributed by atoms with van der Waals surface area (Å²) in [4.78, 5) is 9.25. The summed E-state index contributed by atoms with van der Waals surface area (Å²) in [7, 11) is 0. The van der Waals surface area contributed by atoms with E-state index in [2.05, 4.69) is 11.3 Å². The van der Waals surface area contributed by atoms with E-state index in [1.807, 2.05) is 6.92 Å². The van der Waals surface area contributed by atoms with Gasteiger partial charge in [0.15, 0.2) is 0 Å². The molecule has 0 aromatic carbocycles. The fraction of sp³-hybridized carbons (Fsp3) is 0.600. The van der Waals surface area contributed by atoms with Gasteiger partial charge in [0.2, 0.25) is 0 Å². The standard InChI is InChI=1S/C7H13NO3.C3H4O2/c1-2-9-3-4-10-5-6-11-7-8;1-2-3(4)5/h2-6H2,1H3;2H,1H2,(H,4,5). The first kappa shape index (κ1) is 16.8. The molecule has 1 N–H and O–H groups in total. The van der Waals surface area contributed by atoms with Gasteiger partial charge in [-0.2, -0.15) is 5.26 Å². The molecule has 0 aliphatic carbocycles. The van der Waals surface area contributed by atoms with Gasteiger partial charge in [0, 0.05) is 12.7 Å². The summed E-state index contributed by atoms with van der Waals surface area (Å²) >= 11 is 0. The monoisotopic (exact) mass is 231 g/mol. The van der Waals surface area contributed by atoms with E-state index in [0.717, 1.165) is 6.08 Å². The van der Waals surface area contributed by atoms with Crippen LogP contribution in [0.3, 0.4) is 0 Å². The van der Waals surface area contributed by atoms with Crippen molar-refractivity contribution in [2.75, 3.05) is 33.0 Å². The van der Waals surface area contributed by atoms with Gasteiger partial charge in [-0.1, -0.05) is 6.58 Å². The van der Waals surface area contributed by atoms with Gasteiger partial charge < -0.3 is 19.3 Å². The molecule has 0 atom stereocenters. The Morgan fingerprint density at radius 3 is 2.31 bits per heavy atom. The number of carbonyl (C=O) groups is 1. The van der Waals surface area contributed by atoms with Crippen LogP contribution in [0, 0.1) is 11.5 Å². The van der Waals surface area contributed by atoms with Gasteiger partial charge in [0.1, 0.15) is 6.61 Å². The Balaban J connectivity index is 0. The van der Waals surface area contributed by atoms with Gasteiger partial charge in [-0.15, -0.1) is 0 Å². The number of aliphatic carboxylic acids is 1. The molecule has 0 fully saturated rings. The van der Waals surface area contributed by atoms with Crippen LogP contribution in [0.15, 0.2) is 12.7 Å². The summed E-state index contributed by atoms with van der Waals surface area (Å²) in [6.07, 6.45) is 2.39. The third-order valence-corrected chi connectivity index (χ3v) is 1.15. The van der Waals surface area contributed by atoms with Crippen LogP contribution in [0.4, 0.5) is 0 Å². The summed E-state index contributed by atoms with van der Waals surface area (Å²) in [5.74, 6) is -0.981. The first-order valence-corrected chi connectivity index (χ1v) is 4.70. The van der Waals surface area contributed by atoms with Crippen molar-refractivity contribution >= 4 is 5.97 Å². The lowest BCUT2D eigenvalue weighted by atomic mass is 10.7. The molecule has 0 rings (SSSR count). The van der Waals surface area contributed by atoms with Crippen LogP contribution in [0.1, 0.15) is 6.92 Å². The van der Waals surface area contributed by atoms with E-state index in [0.29, 0.717) is 33.0 Å². The quantitative estimate of drug-likeness (QED) is 0.377. The number of ether oxygens (including phenoxy) is 3. The van der Waals surface area contributed by atoms with Crippen molar-refractivity contribution in [1.29, 1.82) is 5.26 Å². The van der Waals surface area contributed by atoms with E-state index in [1.165, 1.54) is 0 Å². The molecule has 16 heavy (non-hydrogen) atoms. The Hall–Kier alpha value is -1.58. The summed E-state index contributed by atoms with van der Waals surface area (Å²) in [5.41, 5.74) is 0. The van der Waals surface area contributed by atoms with Gasteiger partial charge >= 0.3 is 5.97 Å². The van der Waals surface area contributed by atoms with Gasteiger partial charge in [0.05, 0.1) is 19.8 Å². The Kier molecular flexibility index (Phi) is 16.7. The number of nitrogens with zero attached hydrogens (tertiary/aromatic N) is 1. The highest BCUT2D eigenvalue weighted by atomic mass is 16.5. The lowest BCUT2D eigenvalue weighted by molar-refractivity contribution is -0.131. The van der Waals surface area contributed by atoms with Crippen molar-refractivity contribution in [2.45, 2.75) is 6.92 Å². The molecular formula is C10H17NO5. The molecule has 0 bridgehead atoms. The van der Waals surface area contributed by atoms with Gasteiger partial charge in [-0.25, -0.2) is 4.79 Å². The van der Waals surface area contributed by atoms with Crippen LogP contribution in [-0.4, -0.2) is 44.1 Å². The van der Waals surface area contributed by atoms with E-state index < -0.39 is 5.97 Å². The first-order valence-electron chi connectivity index (χ1n) is 4.70. The van der Waals surface area contributed by atoms with Crippen molar-refractivity contribution in [1.82, 2.24) is 0 Å². The van der Waals surface area contributed by atoms with E-state index >= 15 is 0 Å². The Labute approximate surface area is 95.0 Å². The van der Waals surface area contributed by atoms with Crippen molar-refractivity contribution in [3.05, 3.63) is 12.7 Å². The molecule has 0 aromatic heterocycles. The van der Waals surface area contributed by atoms with E-state index in [9.17, 15) is 4.79 Å². The van der Waals surface area contributed by atoms with Crippen LogP contribution in [0.25, 0.3) is 0 Å². The number of nitriles is 1. The van der Waals surface area contributed by atoms with Crippen molar-refractivity contribution < 1.29 is 24.1 Å². The molecule has 0 heterocycles. The molecule has 0 amide bonds. The van der Waals surface area contributed by atoms with E-state index in [4.69, 9.17) is 19.8 Å². The molecule has 92 valence electrons. The smallest absolute Gasteiger partial charge is 0.327 e. The SMILES string of the molecule is C=CC(=O)O.CCOCCOCCOC#N. The third kappa shape index (κ3) is 22.8. The van der Waals surface area contributed by atoms with E-state index in [-0.39, 0.29) is 0 Å². The van der Waals surface area contributed by atoms with Crippen molar-refractivity contribution in [2.24, 2.45) is 0 Å². The maximum absolute atomic E-state index is 9.25. The Morgan fingerprint density at radius 1 is 1.38 bits per heavy atom. The van der Waals surface area contributed by atoms with Gasteiger partial charge in [-0.3, -0.25) is 0 Å². The second-order valence-corrected chi connectivity index (χ2v) is 2.29. The second-order valence-electron chi connectivity index (χ2n) is 2.29. The maximum atomic E-state index is 9.25. The minimum atomic E-state index is -0.981. The van der Waals surface area contributed by atoms with Crippen LogP contribution in [-0.2, 0) is 19.0 Å². The number of rotatable bonds is 8. The molecule has 0 aromatic rings. The van der Waals surface area contributed by atoms with Crippen LogP contribution >= 0.6 is 0 Å². The number of carboxylic acid groups (broad SMARTS) is 1. The molecule has 0 saturated carbocycles. The average Bonchev–Trinajstić information content (AvgIpc) is 2.29. The molecule has 0 spiro atoms. The van der Waals surface area contributed by atoms with E-state index in [1.54, 1.807) is 6.26 Å². The summed E-state index contributed by atoms with van der Waals surface area (Å²) in [6.45, 7) is 7.52. The van der Waals surface area contributed by atoms with Gasteiger partial charge in [-0.05, 0) is 6.92 Å².